The number of thiazole rings is 1. The smallest absolute Gasteiger partial charge is 0.123 e. The van der Waals surface area contributed by atoms with Crippen molar-refractivity contribution in [2.75, 3.05) is 0 Å². The second kappa shape index (κ2) is 4.52. The topological polar surface area (TPSA) is 33.1 Å². The zero-order valence-electron chi connectivity index (χ0n) is 9.14. The summed E-state index contributed by atoms with van der Waals surface area (Å²) in [6.07, 6.45) is 1.93. The number of nitrogens with zero attached hydrogens (tertiary/aromatic N) is 1. The van der Waals surface area contributed by atoms with Gasteiger partial charge in [0.05, 0.1) is 10.4 Å². The van der Waals surface area contributed by atoms with Crippen LogP contribution in [-0.2, 0) is 0 Å². The van der Waals surface area contributed by atoms with Crippen LogP contribution in [0, 0.1) is 0 Å². The lowest BCUT2D eigenvalue weighted by molar-refractivity contribution is 0.222. The molecular weight excluding hydrogens is 298 g/mol. The molecule has 0 amide bonds. The third-order valence-corrected chi connectivity index (χ3v) is 4.88. The van der Waals surface area contributed by atoms with E-state index >= 15 is 0 Å². The Balaban J connectivity index is 2.01. The fourth-order valence-corrected chi connectivity index (χ4v) is 3.50. The van der Waals surface area contributed by atoms with Gasteiger partial charge in [-0.2, -0.15) is 0 Å². The molecular formula is C13H12BrNOS. The molecule has 0 saturated heterocycles. The highest BCUT2D eigenvalue weighted by atomic mass is 79.9. The van der Waals surface area contributed by atoms with Gasteiger partial charge in [0.15, 0.2) is 0 Å². The van der Waals surface area contributed by atoms with Crippen LogP contribution in [0.15, 0.2) is 34.4 Å². The molecule has 17 heavy (non-hydrogen) atoms. The molecule has 4 heteroatoms. The van der Waals surface area contributed by atoms with E-state index in [0.29, 0.717) is 5.92 Å². The minimum Gasteiger partial charge on any atom is -0.383 e. The number of aliphatic hydroxyl groups is 1. The van der Waals surface area contributed by atoms with Crippen LogP contribution < -0.4 is 0 Å². The second-order valence-corrected chi connectivity index (χ2v) is 5.95. The first kappa shape index (κ1) is 11.4. The van der Waals surface area contributed by atoms with Crippen molar-refractivity contribution in [1.29, 1.82) is 0 Å². The van der Waals surface area contributed by atoms with E-state index in [1.165, 1.54) is 29.7 Å². The standard InChI is InChI=1S/C13H12BrNOS/c14-13-12(17-7-15-13)11(16)10-4-2-1-3-9(10)8-5-6-8/h1-4,7-8,11,16H,5-6H2. The molecule has 0 spiro atoms. The fraction of sp³-hybridized carbons (Fsp3) is 0.308. The van der Waals surface area contributed by atoms with E-state index in [4.69, 9.17) is 0 Å². The fourth-order valence-electron chi connectivity index (χ4n) is 2.09. The summed E-state index contributed by atoms with van der Waals surface area (Å²) in [4.78, 5) is 5.02. The Bertz CT molecular complexity index is 536. The van der Waals surface area contributed by atoms with Gasteiger partial charge in [0.25, 0.3) is 0 Å². The van der Waals surface area contributed by atoms with Gasteiger partial charge in [-0.1, -0.05) is 24.3 Å². The Hall–Kier alpha value is -0.710. The summed E-state index contributed by atoms with van der Waals surface area (Å²) in [6.45, 7) is 0. The van der Waals surface area contributed by atoms with Crippen LogP contribution in [-0.4, -0.2) is 10.1 Å². The van der Waals surface area contributed by atoms with Crippen molar-refractivity contribution in [2.45, 2.75) is 24.9 Å². The van der Waals surface area contributed by atoms with Crippen LogP contribution in [0.5, 0.6) is 0 Å². The predicted octanol–water partition coefficient (Wildman–Crippen LogP) is 3.86. The van der Waals surface area contributed by atoms with Gasteiger partial charge in [-0.3, -0.25) is 0 Å². The largest absolute Gasteiger partial charge is 0.383 e. The van der Waals surface area contributed by atoms with E-state index in [2.05, 4.69) is 27.0 Å². The van der Waals surface area contributed by atoms with E-state index < -0.39 is 6.10 Å². The number of aliphatic hydroxyl groups excluding tert-OH is 1. The first-order valence-corrected chi connectivity index (χ1v) is 7.30. The first-order valence-electron chi connectivity index (χ1n) is 5.63. The third-order valence-electron chi connectivity index (χ3n) is 3.11. The average molecular weight is 310 g/mol. The number of halogens is 1. The monoisotopic (exact) mass is 309 g/mol. The number of benzene rings is 1. The van der Waals surface area contributed by atoms with Crippen LogP contribution in [0.1, 0.15) is 40.9 Å². The van der Waals surface area contributed by atoms with Crippen molar-refractivity contribution in [1.82, 2.24) is 4.98 Å². The highest BCUT2D eigenvalue weighted by molar-refractivity contribution is 9.10. The van der Waals surface area contributed by atoms with Crippen LogP contribution in [0.3, 0.4) is 0 Å². The Morgan fingerprint density at radius 2 is 2.12 bits per heavy atom. The Morgan fingerprint density at radius 1 is 1.35 bits per heavy atom. The molecule has 1 aromatic heterocycles. The maximum atomic E-state index is 10.5. The summed E-state index contributed by atoms with van der Waals surface area (Å²) >= 11 is 4.87. The molecule has 0 radical (unpaired) electrons. The van der Waals surface area contributed by atoms with E-state index in [1.807, 2.05) is 18.2 Å². The van der Waals surface area contributed by atoms with Gasteiger partial charge in [0.1, 0.15) is 10.7 Å². The Kier molecular flexibility index (Phi) is 3.03. The molecule has 0 bridgehead atoms. The summed E-state index contributed by atoms with van der Waals surface area (Å²) < 4.78 is 0.751. The lowest BCUT2D eigenvalue weighted by atomic mass is 9.98. The molecule has 2 nitrogen and oxygen atoms in total. The highest BCUT2D eigenvalue weighted by Gasteiger charge is 2.28. The number of hydrogen-bond acceptors (Lipinski definition) is 3. The van der Waals surface area contributed by atoms with E-state index in [-0.39, 0.29) is 0 Å². The van der Waals surface area contributed by atoms with Crippen LogP contribution >= 0.6 is 27.3 Å². The molecule has 1 atom stereocenters. The molecule has 1 heterocycles. The average Bonchev–Trinajstić information content (AvgIpc) is 3.11. The molecule has 2 aromatic rings. The Labute approximate surface area is 112 Å². The van der Waals surface area contributed by atoms with Gasteiger partial charge in [-0.05, 0) is 45.8 Å². The number of rotatable bonds is 3. The molecule has 1 saturated carbocycles. The predicted molar refractivity (Wildman–Crippen MR) is 72.3 cm³/mol. The molecule has 1 aliphatic carbocycles. The van der Waals surface area contributed by atoms with Crippen molar-refractivity contribution >= 4 is 27.3 Å². The minimum atomic E-state index is -0.561. The van der Waals surface area contributed by atoms with Gasteiger partial charge in [0.2, 0.25) is 0 Å². The first-order chi connectivity index (χ1) is 8.27. The SMILES string of the molecule is OC(c1ccccc1C1CC1)c1scnc1Br. The van der Waals surface area contributed by atoms with Crippen LogP contribution in [0.2, 0.25) is 0 Å². The summed E-state index contributed by atoms with van der Waals surface area (Å²) in [6, 6.07) is 8.18. The summed E-state index contributed by atoms with van der Waals surface area (Å²) in [5.41, 5.74) is 4.07. The zero-order chi connectivity index (χ0) is 11.8. The summed E-state index contributed by atoms with van der Waals surface area (Å²) in [7, 11) is 0. The van der Waals surface area contributed by atoms with Gasteiger partial charge in [0, 0.05) is 0 Å². The zero-order valence-corrected chi connectivity index (χ0v) is 11.5. The summed E-state index contributed by atoms with van der Waals surface area (Å²) in [5, 5.41) is 10.5. The molecule has 0 aliphatic heterocycles. The van der Waals surface area contributed by atoms with E-state index in [0.717, 1.165) is 15.0 Å². The number of hydrogen-bond donors (Lipinski definition) is 1. The molecule has 1 aromatic carbocycles. The number of aromatic nitrogens is 1. The maximum Gasteiger partial charge on any atom is 0.123 e. The van der Waals surface area contributed by atoms with Gasteiger partial charge >= 0.3 is 0 Å². The van der Waals surface area contributed by atoms with Gasteiger partial charge < -0.3 is 5.11 Å². The van der Waals surface area contributed by atoms with Gasteiger partial charge in [-0.15, -0.1) is 11.3 Å². The van der Waals surface area contributed by atoms with Crippen molar-refractivity contribution in [3.05, 3.63) is 50.4 Å². The molecule has 1 unspecified atom stereocenters. The highest BCUT2D eigenvalue weighted by Crippen LogP contribution is 2.44. The molecule has 88 valence electrons. The van der Waals surface area contributed by atoms with Crippen LogP contribution in [0.25, 0.3) is 0 Å². The molecule has 1 aliphatic rings. The van der Waals surface area contributed by atoms with Crippen LogP contribution in [0.4, 0.5) is 0 Å². The molecule has 1 fully saturated rings. The third kappa shape index (κ3) is 2.17. The van der Waals surface area contributed by atoms with E-state index in [9.17, 15) is 5.11 Å². The van der Waals surface area contributed by atoms with Crippen molar-refractivity contribution in [3.63, 3.8) is 0 Å². The van der Waals surface area contributed by atoms with Crippen molar-refractivity contribution in [3.8, 4) is 0 Å². The van der Waals surface area contributed by atoms with Gasteiger partial charge in [-0.25, -0.2) is 4.98 Å². The summed E-state index contributed by atoms with van der Waals surface area (Å²) in [5.74, 6) is 0.646. The normalized spacial score (nSPS) is 17.1. The maximum absolute atomic E-state index is 10.5. The lowest BCUT2D eigenvalue weighted by Crippen LogP contribution is -2.02. The second-order valence-electron chi connectivity index (χ2n) is 4.31. The molecule has 3 rings (SSSR count). The minimum absolute atomic E-state index is 0.561. The van der Waals surface area contributed by atoms with E-state index in [1.54, 1.807) is 5.51 Å². The molecule has 1 N–H and O–H groups in total. The lowest BCUT2D eigenvalue weighted by Gasteiger charge is -2.14. The van der Waals surface area contributed by atoms with Crippen molar-refractivity contribution < 1.29 is 5.11 Å². The van der Waals surface area contributed by atoms with Crippen molar-refractivity contribution in [2.24, 2.45) is 0 Å². The Morgan fingerprint density at radius 3 is 2.76 bits per heavy atom. The quantitative estimate of drug-likeness (QED) is 0.933.